The molecule has 1 aliphatic heterocycles. The number of hydrogen-bond donors (Lipinski definition) is 1. The molecule has 0 bridgehead atoms. The van der Waals surface area contributed by atoms with E-state index in [1.807, 2.05) is 36.4 Å². The molecule has 3 aliphatic rings. The molecule has 3 fully saturated rings. The van der Waals surface area contributed by atoms with E-state index < -0.39 is 6.09 Å². The van der Waals surface area contributed by atoms with E-state index in [9.17, 15) is 10.1 Å². The molecule has 0 radical (unpaired) electrons. The van der Waals surface area contributed by atoms with Gasteiger partial charge in [-0.05, 0) is 73.6 Å². The number of carbonyl (C=O) groups excluding carboxylic acids is 1. The third-order valence-electron chi connectivity index (χ3n) is 7.77. The zero-order valence-corrected chi connectivity index (χ0v) is 21.1. The SMILES string of the molecule is N#Cc1c(-c2ccc(OC(=O)NC3CCCC3)cc2)n(CC2CC2)c2cc(OC3CCOCC3)ccc12. The van der Waals surface area contributed by atoms with Crippen molar-refractivity contribution in [2.24, 2.45) is 5.92 Å². The molecule has 0 atom stereocenters. The maximum Gasteiger partial charge on any atom is 0.412 e. The summed E-state index contributed by atoms with van der Waals surface area (Å²) in [6, 6.07) is 16.3. The van der Waals surface area contributed by atoms with Crippen molar-refractivity contribution in [2.45, 2.75) is 70.1 Å². The number of hydrogen-bond acceptors (Lipinski definition) is 5. The molecule has 1 amide bonds. The highest BCUT2D eigenvalue weighted by Gasteiger charge is 2.27. The Kier molecular flexibility index (Phi) is 6.75. The van der Waals surface area contributed by atoms with Gasteiger partial charge in [0.2, 0.25) is 0 Å². The number of nitriles is 1. The summed E-state index contributed by atoms with van der Waals surface area (Å²) >= 11 is 0. The summed E-state index contributed by atoms with van der Waals surface area (Å²) in [6.07, 6.45) is 8.29. The Balaban J connectivity index is 1.29. The zero-order valence-electron chi connectivity index (χ0n) is 21.1. The summed E-state index contributed by atoms with van der Waals surface area (Å²) in [7, 11) is 0. The topological polar surface area (TPSA) is 85.5 Å². The Labute approximate surface area is 217 Å². The Morgan fingerprint density at radius 1 is 1.00 bits per heavy atom. The summed E-state index contributed by atoms with van der Waals surface area (Å²) in [6.45, 7) is 2.33. The predicted octanol–water partition coefficient (Wildman–Crippen LogP) is 6.18. The predicted molar refractivity (Wildman–Crippen MR) is 141 cm³/mol. The molecule has 7 heteroatoms. The molecule has 1 aromatic heterocycles. The van der Waals surface area contributed by atoms with Crippen LogP contribution in [0.2, 0.25) is 0 Å². The van der Waals surface area contributed by atoms with Crippen LogP contribution in [0.5, 0.6) is 11.5 Å². The van der Waals surface area contributed by atoms with Crippen molar-refractivity contribution in [3.63, 3.8) is 0 Å². The fraction of sp³-hybridized carbons (Fsp3) is 0.467. The first-order valence-electron chi connectivity index (χ1n) is 13.6. The Hall–Kier alpha value is -3.50. The van der Waals surface area contributed by atoms with Crippen molar-refractivity contribution in [3.8, 4) is 28.8 Å². The van der Waals surface area contributed by atoms with E-state index in [0.29, 0.717) is 17.2 Å². The van der Waals surface area contributed by atoms with Crippen LogP contribution in [0.1, 0.15) is 56.9 Å². The molecule has 192 valence electrons. The lowest BCUT2D eigenvalue weighted by molar-refractivity contribution is 0.0256. The lowest BCUT2D eigenvalue weighted by atomic mass is 10.1. The van der Waals surface area contributed by atoms with Crippen LogP contribution >= 0.6 is 0 Å². The summed E-state index contributed by atoms with van der Waals surface area (Å²) in [5, 5.41) is 14.1. The Bertz CT molecular complexity index is 1310. The molecule has 2 aliphatic carbocycles. The molecule has 1 saturated heterocycles. The molecular formula is C30H33N3O4. The molecule has 2 saturated carbocycles. The molecule has 1 N–H and O–H groups in total. The summed E-state index contributed by atoms with van der Waals surface area (Å²) in [5.74, 6) is 1.96. The normalized spacial score (nSPS) is 18.6. The average Bonchev–Trinajstić information content (AvgIpc) is 3.49. The minimum absolute atomic E-state index is 0.159. The molecular weight excluding hydrogens is 466 g/mol. The van der Waals surface area contributed by atoms with Crippen LogP contribution < -0.4 is 14.8 Å². The smallest absolute Gasteiger partial charge is 0.412 e. The number of amides is 1. The Morgan fingerprint density at radius 3 is 2.43 bits per heavy atom. The van der Waals surface area contributed by atoms with Gasteiger partial charge < -0.3 is 24.1 Å². The van der Waals surface area contributed by atoms with Crippen LogP contribution in [0.4, 0.5) is 4.79 Å². The summed E-state index contributed by atoms with van der Waals surface area (Å²) in [5.41, 5.74) is 3.54. The second-order valence-electron chi connectivity index (χ2n) is 10.5. The van der Waals surface area contributed by atoms with Gasteiger partial charge in [-0.3, -0.25) is 0 Å². The zero-order chi connectivity index (χ0) is 25.2. The van der Waals surface area contributed by atoms with Gasteiger partial charge in [-0.15, -0.1) is 0 Å². The van der Waals surface area contributed by atoms with Crippen molar-refractivity contribution < 1.29 is 19.0 Å². The number of aromatic nitrogens is 1. The van der Waals surface area contributed by atoms with E-state index >= 15 is 0 Å². The fourth-order valence-corrected chi connectivity index (χ4v) is 5.60. The highest BCUT2D eigenvalue weighted by Crippen LogP contribution is 2.40. The van der Waals surface area contributed by atoms with Gasteiger partial charge >= 0.3 is 6.09 Å². The van der Waals surface area contributed by atoms with Gasteiger partial charge in [0, 0.05) is 36.9 Å². The number of rotatable bonds is 7. The van der Waals surface area contributed by atoms with E-state index in [1.54, 1.807) is 0 Å². The van der Waals surface area contributed by atoms with Gasteiger partial charge in [-0.2, -0.15) is 5.26 Å². The van der Waals surface area contributed by atoms with Crippen LogP contribution in [0.15, 0.2) is 42.5 Å². The summed E-state index contributed by atoms with van der Waals surface area (Å²) < 4.78 is 19.6. The van der Waals surface area contributed by atoms with E-state index in [1.165, 1.54) is 12.8 Å². The van der Waals surface area contributed by atoms with E-state index in [-0.39, 0.29) is 12.1 Å². The van der Waals surface area contributed by atoms with Gasteiger partial charge in [-0.25, -0.2) is 4.79 Å². The number of carbonyl (C=O) groups is 1. The van der Waals surface area contributed by atoms with Gasteiger partial charge in [0.15, 0.2) is 0 Å². The van der Waals surface area contributed by atoms with Gasteiger partial charge in [0.1, 0.15) is 23.7 Å². The monoisotopic (exact) mass is 499 g/mol. The first-order valence-corrected chi connectivity index (χ1v) is 13.6. The van der Waals surface area contributed by atoms with Crippen molar-refractivity contribution in [3.05, 3.63) is 48.0 Å². The quantitative estimate of drug-likeness (QED) is 0.420. The maximum atomic E-state index is 12.3. The first kappa shape index (κ1) is 23.9. The van der Waals surface area contributed by atoms with Crippen LogP contribution in [-0.2, 0) is 11.3 Å². The number of benzene rings is 2. The van der Waals surface area contributed by atoms with Crippen LogP contribution in [0.3, 0.4) is 0 Å². The molecule has 7 nitrogen and oxygen atoms in total. The van der Waals surface area contributed by atoms with E-state index in [2.05, 4.69) is 22.0 Å². The number of ether oxygens (including phenoxy) is 3. The third kappa shape index (κ3) is 5.30. The highest BCUT2D eigenvalue weighted by atomic mass is 16.6. The van der Waals surface area contributed by atoms with Crippen molar-refractivity contribution in [1.82, 2.24) is 9.88 Å². The minimum atomic E-state index is -0.405. The fourth-order valence-electron chi connectivity index (χ4n) is 5.60. The van der Waals surface area contributed by atoms with Crippen LogP contribution in [0.25, 0.3) is 22.2 Å². The number of nitrogens with zero attached hydrogens (tertiary/aromatic N) is 2. The number of fused-ring (bicyclic) bond motifs is 1. The lowest BCUT2D eigenvalue weighted by Crippen LogP contribution is -2.34. The van der Waals surface area contributed by atoms with Gasteiger partial charge in [0.25, 0.3) is 0 Å². The average molecular weight is 500 g/mol. The molecule has 2 aromatic carbocycles. The third-order valence-corrected chi connectivity index (χ3v) is 7.77. The van der Waals surface area contributed by atoms with Crippen molar-refractivity contribution >= 4 is 17.0 Å². The number of nitrogens with one attached hydrogen (secondary N) is 1. The molecule has 0 unspecified atom stereocenters. The van der Waals surface area contributed by atoms with E-state index in [4.69, 9.17) is 14.2 Å². The van der Waals surface area contributed by atoms with E-state index in [0.717, 1.165) is 86.2 Å². The Morgan fingerprint density at radius 2 is 1.73 bits per heavy atom. The standard InChI is InChI=1S/C30H33N3O4/c31-18-27-26-12-11-25(36-24-13-15-35-16-14-24)17-28(26)33(19-20-5-6-20)29(27)21-7-9-23(10-8-21)37-30(34)32-22-3-1-2-4-22/h7-12,17,20,22,24H,1-6,13-16,19H2,(H,32,34). The van der Waals surface area contributed by atoms with Crippen molar-refractivity contribution in [2.75, 3.05) is 13.2 Å². The molecule has 6 rings (SSSR count). The summed E-state index contributed by atoms with van der Waals surface area (Å²) in [4.78, 5) is 12.3. The van der Waals surface area contributed by atoms with Gasteiger partial charge in [0.05, 0.1) is 30.0 Å². The second-order valence-corrected chi connectivity index (χ2v) is 10.5. The molecule has 2 heterocycles. The molecule has 3 aromatic rings. The van der Waals surface area contributed by atoms with Gasteiger partial charge in [-0.1, -0.05) is 12.8 Å². The maximum absolute atomic E-state index is 12.3. The van der Waals surface area contributed by atoms with Crippen LogP contribution in [-0.4, -0.2) is 36.0 Å². The molecule has 37 heavy (non-hydrogen) atoms. The lowest BCUT2D eigenvalue weighted by Gasteiger charge is -2.23. The van der Waals surface area contributed by atoms with Crippen molar-refractivity contribution in [1.29, 1.82) is 5.26 Å². The second kappa shape index (κ2) is 10.5. The molecule has 0 spiro atoms. The largest absolute Gasteiger partial charge is 0.490 e. The minimum Gasteiger partial charge on any atom is -0.490 e. The van der Waals surface area contributed by atoms with Crippen LogP contribution in [0, 0.1) is 17.2 Å². The first-order chi connectivity index (χ1) is 18.2. The highest BCUT2D eigenvalue weighted by molar-refractivity contribution is 5.95.